The molecule has 0 aliphatic rings. The van der Waals surface area contributed by atoms with Crippen LogP contribution >= 0.6 is 7.82 Å². The third-order valence-corrected chi connectivity index (χ3v) is 11.8. The smallest absolute Gasteiger partial charge is 0.463 e. The lowest BCUT2D eigenvalue weighted by atomic mass is 10.0. The first kappa shape index (κ1) is 57.5. The number of aliphatic hydroxyl groups is 1. The molecule has 59 heavy (non-hydrogen) atoms. The van der Waals surface area contributed by atoms with Crippen LogP contribution in [-0.4, -0.2) is 54.3 Å². The maximum atomic E-state index is 12.1. The van der Waals surface area contributed by atoms with Gasteiger partial charge in [0.1, 0.15) is 12.7 Å². The minimum atomic E-state index is -4.42. The summed E-state index contributed by atoms with van der Waals surface area (Å²) in [6, 6.07) is 0. The predicted octanol–water partition coefficient (Wildman–Crippen LogP) is 14.3. The molecule has 0 saturated carbocycles. The molecule has 348 valence electrons. The molecule has 0 rings (SSSR count). The zero-order valence-corrected chi connectivity index (χ0v) is 39.4. The molecule has 9 nitrogen and oxygen atoms in total. The van der Waals surface area contributed by atoms with E-state index in [1.807, 2.05) is 0 Å². The highest BCUT2D eigenvalue weighted by molar-refractivity contribution is 7.47. The molecule has 0 aromatic rings. The molecule has 0 aliphatic heterocycles. The Hall–Kier alpha value is -1.51. The summed E-state index contributed by atoms with van der Waals surface area (Å²) in [6.07, 6.45) is 51.1. The van der Waals surface area contributed by atoms with Crippen molar-refractivity contribution >= 4 is 19.7 Å². The fraction of sp³-hybridized carbons (Fsp3) is 0.878. The van der Waals surface area contributed by atoms with Crippen molar-refractivity contribution in [2.24, 2.45) is 0 Å². The summed E-state index contributed by atoms with van der Waals surface area (Å²) in [5.74, 6) is -0.513. The van der Waals surface area contributed by atoms with Crippen LogP contribution in [-0.2, 0) is 27.9 Å². The number of rotatable bonds is 47. The van der Waals surface area contributed by atoms with E-state index in [1.54, 1.807) is 0 Å². The summed E-state index contributed by atoms with van der Waals surface area (Å²) in [7, 11) is -4.42. The van der Waals surface area contributed by atoms with E-state index in [0.29, 0.717) is 6.42 Å². The van der Waals surface area contributed by atoms with Crippen molar-refractivity contribution in [2.45, 2.75) is 251 Å². The van der Waals surface area contributed by atoms with Crippen LogP contribution in [0.2, 0.25) is 0 Å². The van der Waals surface area contributed by atoms with Crippen LogP contribution in [0.15, 0.2) is 24.3 Å². The highest BCUT2D eigenvalue weighted by Crippen LogP contribution is 2.42. The van der Waals surface area contributed by atoms with Crippen LogP contribution in [0.1, 0.15) is 245 Å². The molecular formula is C49H94NO8P. The Balaban J connectivity index is 3.54. The van der Waals surface area contributed by atoms with Gasteiger partial charge in [0.2, 0.25) is 5.91 Å². The number of phosphoric acid groups is 1. The molecule has 0 bridgehead atoms. The number of allylic oxidation sites excluding steroid dienone is 4. The van der Waals surface area contributed by atoms with E-state index in [9.17, 15) is 24.2 Å². The molecule has 0 saturated heterocycles. The summed E-state index contributed by atoms with van der Waals surface area (Å²) < 4.78 is 27.0. The number of phosphoric ester groups is 1. The number of carbonyl (C=O) groups is 2. The van der Waals surface area contributed by atoms with Crippen molar-refractivity contribution in [1.29, 1.82) is 0 Å². The molecule has 1 amide bonds. The third kappa shape index (κ3) is 47.4. The number of hydrogen-bond acceptors (Lipinski definition) is 7. The van der Waals surface area contributed by atoms with Gasteiger partial charge in [-0.15, -0.1) is 0 Å². The van der Waals surface area contributed by atoms with Crippen molar-refractivity contribution in [3.63, 3.8) is 0 Å². The number of aliphatic hydroxyl groups excluding tert-OH is 1. The quantitative estimate of drug-likeness (QED) is 0.0239. The number of ether oxygens (including phenoxy) is 1. The van der Waals surface area contributed by atoms with Gasteiger partial charge in [-0.2, -0.15) is 0 Å². The molecule has 0 heterocycles. The van der Waals surface area contributed by atoms with Gasteiger partial charge < -0.3 is 20.1 Å². The molecule has 0 fully saturated rings. The molecule has 2 unspecified atom stereocenters. The molecule has 3 N–H and O–H groups in total. The van der Waals surface area contributed by atoms with E-state index in [-0.39, 0.29) is 32.1 Å². The molecule has 2 atom stereocenters. The van der Waals surface area contributed by atoms with Crippen LogP contribution in [0.3, 0.4) is 0 Å². The normalized spacial score (nSPS) is 13.4. The van der Waals surface area contributed by atoms with Gasteiger partial charge in [-0.3, -0.25) is 18.6 Å². The van der Waals surface area contributed by atoms with Gasteiger partial charge >= 0.3 is 13.8 Å². The molecule has 0 aliphatic carbocycles. The summed E-state index contributed by atoms with van der Waals surface area (Å²) in [5.41, 5.74) is 0. The average molecular weight is 856 g/mol. The van der Waals surface area contributed by atoms with Gasteiger partial charge in [0.05, 0.1) is 13.2 Å². The van der Waals surface area contributed by atoms with Gasteiger partial charge in [0, 0.05) is 19.4 Å². The number of carbonyl (C=O) groups excluding carboxylic acids is 2. The van der Waals surface area contributed by atoms with Crippen LogP contribution in [0.25, 0.3) is 0 Å². The second-order valence-corrected chi connectivity index (χ2v) is 18.2. The van der Waals surface area contributed by atoms with Crippen molar-refractivity contribution in [1.82, 2.24) is 5.32 Å². The first-order valence-electron chi connectivity index (χ1n) is 24.8. The van der Waals surface area contributed by atoms with E-state index in [2.05, 4.69) is 43.5 Å². The third-order valence-electron chi connectivity index (χ3n) is 10.9. The van der Waals surface area contributed by atoms with E-state index >= 15 is 0 Å². The van der Waals surface area contributed by atoms with Crippen LogP contribution in [0, 0.1) is 0 Å². The minimum Gasteiger partial charge on any atom is -0.463 e. The SMILES string of the molecule is CCCCCCCC/C=C\CCCCCCCCCC(=O)OCC(O)COP(=O)(O)OCCNC(=O)CCCCCCCCCCCCC/C=C/CCCCCCCC. The summed E-state index contributed by atoms with van der Waals surface area (Å²) >= 11 is 0. The van der Waals surface area contributed by atoms with Crippen molar-refractivity contribution < 1.29 is 37.9 Å². The number of amides is 1. The summed E-state index contributed by atoms with van der Waals surface area (Å²) in [5, 5.41) is 12.7. The molecular weight excluding hydrogens is 762 g/mol. The minimum absolute atomic E-state index is 0.0832. The monoisotopic (exact) mass is 856 g/mol. The van der Waals surface area contributed by atoms with Gasteiger partial charge in [0.15, 0.2) is 0 Å². The predicted molar refractivity (Wildman–Crippen MR) is 248 cm³/mol. The van der Waals surface area contributed by atoms with Crippen LogP contribution < -0.4 is 5.32 Å². The van der Waals surface area contributed by atoms with E-state index < -0.39 is 26.5 Å². The Morgan fingerprint density at radius 1 is 0.508 bits per heavy atom. The molecule has 0 spiro atoms. The highest BCUT2D eigenvalue weighted by atomic mass is 31.2. The van der Waals surface area contributed by atoms with Gasteiger partial charge in [0.25, 0.3) is 0 Å². The highest BCUT2D eigenvalue weighted by Gasteiger charge is 2.23. The largest absolute Gasteiger partial charge is 0.472 e. The maximum Gasteiger partial charge on any atom is 0.472 e. The average Bonchev–Trinajstić information content (AvgIpc) is 3.22. The number of unbranched alkanes of at least 4 members (excludes halogenated alkanes) is 30. The van der Waals surface area contributed by atoms with Crippen molar-refractivity contribution in [3.05, 3.63) is 24.3 Å². The molecule has 0 aromatic carbocycles. The lowest BCUT2D eigenvalue weighted by Crippen LogP contribution is -2.27. The van der Waals surface area contributed by atoms with E-state index in [0.717, 1.165) is 38.5 Å². The van der Waals surface area contributed by atoms with E-state index in [1.165, 1.54) is 180 Å². The fourth-order valence-corrected chi connectivity index (χ4v) is 7.83. The zero-order chi connectivity index (χ0) is 43.2. The first-order chi connectivity index (χ1) is 28.8. The number of esters is 1. The Labute approximate surface area is 363 Å². The topological polar surface area (TPSA) is 131 Å². The Morgan fingerprint density at radius 2 is 0.864 bits per heavy atom. The fourth-order valence-electron chi connectivity index (χ4n) is 7.08. The lowest BCUT2D eigenvalue weighted by Gasteiger charge is -2.15. The molecule has 10 heteroatoms. The Morgan fingerprint density at radius 3 is 1.27 bits per heavy atom. The van der Waals surface area contributed by atoms with Gasteiger partial charge in [-0.1, -0.05) is 192 Å². The van der Waals surface area contributed by atoms with Gasteiger partial charge in [-0.25, -0.2) is 4.57 Å². The van der Waals surface area contributed by atoms with Crippen LogP contribution in [0.4, 0.5) is 0 Å². The molecule has 0 aromatic heterocycles. The van der Waals surface area contributed by atoms with Crippen molar-refractivity contribution in [3.8, 4) is 0 Å². The molecule has 0 radical (unpaired) electrons. The second kappa shape index (κ2) is 46.0. The Bertz CT molecular complexity index is 1020. The van der Waals surface area contributed by atoms with Crippen LogP contribution in [0.5, 0.6) is 0 Å². The number of nitrogens with one attached hydrogen (secondary N) is 1. The van der Waals surface area contributed by atoms with E-state index in [4.69, 9.17) is 13.8 Å². The Kier molecular flexibility index (Phi) is 44.8. The maximum absolute atomic E-state index is 12.1. The lowest BCUT2D eigenvalue weighted by molar-refractivity contribution is -0.147. The number of hydrogen-bond donors (Lipinski definition) is 3. The second-order valence-electron chi connectivity index (χ2n) is 16.8. The summed E-state index contributed by atoms with van der Waals surface area (Å²) in [4.78, 5) is 34.0. The summed E-state index contributed by atoms with van der Waals surface area (Å²) in [6.45, 7) is 3.58. The van der Waals surface area contributed by atoms with Crippen molar-refractivity contribution in [2.75, 3.05) is 26.4 Å². The zero-order valence-electron chi connectivity index (χ0n) is 38.5. The van der Waals surface area contributed by atoms with Gasteiger partial charge in [-0.05, 0) is 64.2 Å². The standard InChI is InChI=1S/C49H94NO8P/c1-3-5-7-9-11-13-15-17-19-21-22-23-24-26-27-29-31-33-35-37-39-41-48(52)50-43-44-57-59(54,55)58-46-47(51)45-56-49(53)42-40-38-36-34-32-30-28-25-20-18-16-14-12-10-8-6-4-2/h17-20,47,51H,3-16,21-46H2,1-2H3,(H,50,52)(H,54,55)/b19-17+,20-18-. The first-order valence-corrected chi connectivity index (χ1v) is 26.3.